The molecule has 2 aromatic heterocycles. The lowest BCUT2D eigenvalue weighted by molar-refractivity contribution is 1.31. The number of hydrogen-bond acceptors (Lipinski definition) is 0. The van der Waals surface area contributed by atoms with E-state index >= 15 is 0 Å². The van der Waals surface area contributed by atoms with Crippen LogP contribution in [0.15, 0.2) is 54.6 Å². The summed E-state index contributed by atoms with van der Waals surface area (Å²) >= 11 is 0. The lowest BCUT2D eigenvalue weighted by atomic mass is 10.1. The topological polar surface area (TPSA) is 4.41 Å². The molecule has 0 radical (unpaired) electrons. The SMILES string of the molecule is Cc1cccc2c3cccc4c5cccc(C)c5n(c12)c34. The normalized spacial score (nSPS) is 12.3. The molecule has 0 atom stereocenters. The van der Waals surface area contributed by atoms with Crippen LogP contribution >= 0.6 is 0 Å². The highest BCUT2D eigenvalue weighted by atomic mass is 14.9. The van der Waals surface area contributed by atoms with Crippen LogP contribution in [0.5, 0.6) is 0 Å². The maximum Gasteiger partial charge on any atom is 0.0620 e. The van der Waals surface area contributed by atoms with Gasteiger partial charge in [-0.1, -0.05) is 54.6 Å². The van der Waals surface area contributed by atoms with Gasteiger partial charge < -0.3 is 4.40 Å². The van der Waals surface area contributed by atoms with Gasteiger partial charge in [-0.25, -0.2) is 0 Å². The minimum atomic E-state index is 1.34. The zero-order valence-corrected chi connectivity index (χ0v) is 12.1. The van der Waals surface area contributed by atoms with Crippen molar-refractivity contribution in [1.29, 1.82) is 0 Å². The molecular formula is C20H15N. The molecule has 0 N–H and O–H groups in total. The van der Waals surface area contributed by atoms with E-state index < -0.39 is 0 Å². The van der Waals surface area contributed by atoms with Crippen LogP contribution in [-0.4, -0.2) is 4.40 Å². The van der Waals surface area contributed by atoms with Crippen molar-refractivity contribution in [2.75, 3.05) is 0 Å². The first-order valence-corrected chi connectivity index (χ1v) is 7.40. The van der Waals surface area contributed by atoms with Crippen LogP contribution in [0.2, 0.25) is 0 Å². The number of rotatable bonds is 0. The number of para-hydroxylation sites is 3. The van der Waals surface area contributed by atoms with Gasteiger partial charge in [-0.3, -0.25) is 0 Å². The Morgan fingerprint density at radius 1 is 0.524 bits per heavy atom. The molecule has 3 aromatic carbocycles. The van der Waals surface area contributed by atoms with Gasteiger partial charge in [0.2, 0.25) is 0 Å². The summed E-state index contributed by atoms with van der Waals surface area (Å²) in [5.41, 5.74) is 6.75. The summed E-state index contributed by atoms with van der Waals surface area (Å²) in [7, 11) is 0. The van der Waals surface area contributed by atoms with Crippen LogP contribution in [0.1, 0.15) is 11.1 Å². The quantitative estimate of drug-likeness (QED) is 0.352. The highest BCUT2D eigenvalue weighted by molar-refractivity contribution is 6.23. The molecule has 1 heteroatoms. The van der Waals surface area contributed by atoms with Crippen LogP contribution < -0.4 is 0 Å². The van der Waals surface area contributed by atoms with Crippen LogP contribution in [-0.2, 0) is 0 Å². The highest BCUT2D eigenvalue weighted by Crippen LogP contribution is 2.40. The Morgan fingerprint density at radius 3 is 1.38 bits per heavy atom. The number of aryl methyl sites for hydroxylation is 2. The zero-order chi connectivity index (χ0) is 14.1. The Hall–Kier alpha value is -2.54. The largest absolute Gasteiger partial charge is 0.307 e. The zero-order valence-electron chi connectivity index (χ0n) is 12.1. The Labute approximate surface area is 122 Å². The summed E-state index contributed by atoms with van der Waals surface area (Å²) in [6.45, 7) is 4.42. The van der Waals surface area contributed by atoms with E-state index in [4.69, 9.17) is 0 Å². The average Bonchev–Trinajstić information content (AvgIpc) is 3.00. The van der Waals surface area contributed by atoms with Gasteiger partial charge in [0, 0.05) is 21.5 Å². The molecule has 100 valence electrons. The van der Waals surface area contributed by atoms with E-state index in [1.807, 2.05) is 0 Å². The summed E-state index contributed by atoms with van der Waals surface area (Å²) < 4.78 is 2.47. The molecule has 5 aromatic rings. The minimum absolute atomic E-state index is 1.34. The van der Waals surface area contributed by atoms with E-state index in [2.05, 4.69) is 72.8 Å². The fourth-order valence-corrected chi connectivity index (χ4v) is 3.90. The van der Waals surface area contributed by atoms with Gasteiger partial charge in [0.25, 0.3) is 0 Å². The van der Waals surface area contributed by atoms with Gasteiger partial charge in [-0.2, -0.15) is 0 Å². The molecule has 0 spiro atoms. The van der Waals surface area contributed by atoms with Crippen molar-refractivity contribution in [3.05, 3.63) is 65.7 Å². The summed E-state index contributed by atoms with van der Waals surface area (Å²) in [6, 6.07) is 19.9. The molecule has 0 fully saturated rings. The monoisotopic (exact) mass is 269 g/mol. The number of benzene rings is 3. The van der Waals surface area contributed by atoms with Crippen LogP contribution in [0.3, 0.4) is 0 Å². The molecule has 0 aliphatic carbocycles. The first kappa shape index (κ1) is 11.2. The second kappa shape index (κ2) is 3.56. The summed E-state index contributed by atoms with van der Waals surface area (Å²) in [5.74, 6) is 0. The molecule has 0 aliphatic rings. The lowest BCUT2D eigenvalue weighted by Crippen LogP contribution is -1.86. The van der Waals surface area contributed by atoms with Crippen molar-refractivity contribution in [3.8, 4) is 0 Å². The predicted molar refractivity (Wildman–Crippen MR) is 90.6 cm³/mol. The van der Waals surface area contributed by atoms with Crippen molar-refractivity contribution in [1.82, 2.24) is 4.40 Å². The molecule has 0 bridgehead atoms. The van der Waals surface area contributed by atoms with Crippen molar-refractivity contribution in [2.45, 2.75) is 13.8 Å². The second-order valence-electron chi connectivity index (χ2n) is 5.98. The van der Waals surface area contributed by atoms with Crippen molar-refractivity contribution < 1.29 is 0 Å². The van der Waals surface area contributed by atoms with E-state index in [9.17, 15) is 0 Å². The van der Waals surface area contributed by atoms with E-state index in [0.29, 0.717) is 0 Å². The van der Waals surface area contributed by atoms with Crippen LogP contribution in [0.25, 0.3) is 38.1 Å². The van der Waals surface area contributed by atoms with Gasteiger partial charge in [0.1, 0.15) is 0 Å². The van der Waals surface area contributed by atoms with Gasteiger partial charge >= 0.3 is 0 Å². The third kappa shape index (κ3) is 1.18. The molecule has 5 rings (SSSR count). The molecule has 2 heterocycles. The fraction of sp³-hybridized carbons (Fsp3) is 0.100. The first-order chi connectivity index (χ1) is 10.3. The molecule has 0 saturated heterocycles. The Morgan fingerprint density at radius 2 is 0.905 bits per heavy atom. The van der Waals surface area contributed by atoms with Crippen LogP contribution in [0, 0.1) is 13.8 Å². The Bertz CT molecular complexity index is 1060. The number of fused-ring (bicyclic) bond motifs is 6. The number of hydrogen-bond donors (Lipinski definition) is 0. The number of nitrogens with zero attached hydrogens (tertiary/aromatic N) is 1. The third-order valence-electron chi connectivity index (χ3n) is 4.76. The molecule has 0 aliphatic heterocycles. The number of aromatic nitrogens is 1. The molecule has 0 unspecified atom stereocenters. The molecule has 0 amide bonds. The van der Waals surface area contributed by atoms with E-state index in [1.165, 1.54) is 49.2 Å². The molecule has 21 heavy (non-hydrogen) atoms. The summed E-state index contributed by atoms with van der Waals surface area (Å²) in [6.07, 6.45) is 0. The van der Waals surface area contributed by atoms with Gasteiger partial charge in [0.15, 0.2) is 0 Å². The third-order valence-corrected chi connectivity index (χ3v) is 4.76. The van der Waals surface area contributed by atoms with E-state index in [1.54, 1.807) is 0 Å². The Balaban J connectivity index is 2.32. The van der Waals surface area contributed by atoms with Crippen molar-refractivity contribution in [2.24, 2.45) is 0 Å². The van der Waals surface area contributed by atoms with Gasteiger partial charge in [-0.15, -0.1) is 0 Å². The molecule has 1 nitrogen and oxygen atoms in total. The second-order valence-corrected chi connectivity index (χ2v) is 5.98. The van der Waals surface area contributed by atoms with Gasteiger partial charge in [-0.05, 0) is 25.0 Å². The van der Waals surface area contributed by atoms with Crippen LogP contribution in [0.4, 0.5) is 0 Å². The summed E-state index contributed by atoms with van der Waals surface area (Å²) in [5, 5.41) is 5.45. The van der Waals surface area contributed by atoms with Gasteiger partial charge in [0.05, 0.1) is 16.6 Å². The maximum atomic E-state index is 2.47. The Kier molecular flexibility index (Phi) is 1.89. The van der Waals surface area contributed by atoms with Crippen molar-refractivity contribution in [3.63, 3.8) is 0 Å². The van der Waals surface area contributed by atoms with E-state index in [0.717, 1.165) is 0 Å². The minimum Gasteiger partial charge on any atom is -0.307 e. The molecule has 0 saturated carbocycles. The smallest absolute Gasteiger partial charge is 0.0620 e. The molecular weight excluding hydrogens is 254 g/mol. The highest BCUT2D eigenvalue weighted by Gasteiger charge is 2.18. The average molecular weight is 269 g/mol. The lowest BCUT2D eigenvalue weighted by Gasteiger charge is -2.02. The maximum absolute atomic E-state index is 2.47. The standard InChI is InChI=1S/C20H15N/c1-12-6-3-8-14-16-10-5-11-17-15-9-4-7-13(2)19(15)21(18(12)14)20(16)17/h3-11H,1-2H3. The van der Waals surface area contributed by atoms with E-state index in [-0.39, 0.29) is 0 Å². The fourth-order valence-electron chi connectivity index (χ4n) is 3.90. The predicted octanol–water partition coefficient (Wildman–Crippen LogP) is 5.45. The summed E-state index contributed by atoms with van der Waals surface area (Å²) in [4.78, 5) is 0. The van der Waals surface area contributed by atoms with Crippen molar-refractivity contribution >= 4 is 38.1 Å². The first-order valence-electron chi connectivity index (χ1n) is 7.40.